The van der Waals surface area contributed by atoms with Crippen LogP contribution in [-0.4, -0.2) is 33.7 Å². The van der Waals surface area contributed by atoms with Crippen molar-refractivity contribution < 1.29 is 14.1 Å². The predicted octanol–water partition coefficient (Wildman–Crippen LogP) is 5.49. The normalized spacial score (nSPS) is 15.6. The van der Waals surface area contributed by atoms with Crippen LogP contribution in [-0.2, 0) is 11.2 Å². The Labute approximate surface area is 210 Å². The number of anilines is 2. The number of aryl methyl sites for hydroxylation is 2. The first kappa shape index (κ1) is 23.2. The average molecular weight is 508 g/mol. The van der Waals surface area contributed by atoms with Crippen molar-refractivity contribution in [3.8, 4) is 11.3 Å². The highest BCUT2D eigenvalue weighted by molar-refractivity contribution is 7.15. The summed E-state index contributed by atoms with van der Waals surface area (Å²) in [6, 6.07) is 15.1. The number of rotatable bonds is 6. The molecule has 1 atom stereocenters. The summed E-state index contributed by atoms with van der Waals surface area (Å²) in [4.78, 5) is 27.7. The maximum Gasteiger partial charge on any atom is 0.263 e. The Morgan fingerprint density at radius 3 is 2.77 bits per heavy atom. The van der Waals surface area contributed by atoms with Crippen molar-refractivity contribution in [1.82, 2.24) is 15.4 Å². The molecule has 1 saturated heterocycles. The molecule has 8 nitrogen and oxygen atoms in total. The van der Waals surface area contributed by atoms with Crippen LogP contribution in [0.4, 0.5) is 10.8 Å². The number of nitrogens with zero attached hydrogens (tertiary/aromatic N) is 4. The van der Waals surface area contributed by atoms with Gasteiger partial charge < -0.3 is 9.42 Å². The molecule has 178 valence electrons. The van der Waals surface area contributed by atoms with Gasteiger partial charge in [-0.25, -0.2) is 0 Å². The molecule has 4 aromatic rings. The van der Waals surface area contributed by atoms with Gasteiger partial charge in [0.05, 0.1) is 5.02 Å². The minimum atomic E-state index is -0.414. The zero-order valence-corrected chi connectivity index (χ0v) is 20.7. The molecule has 0 saturated carbocycles. The van der Waals surface area contributed by atoms with Gasteiger partial charge in [0.25, 0.3) is 5.91 Å². The van der Waals surface area contributed by atoms with Crippen LogP contribution in [0.25, 0.3) is 11.3 Å². The molecule has 2 amide bonds. The van der Waals surface area contributed by atoms with Gasteiger partial charge in [0.15, 0.2) is 0 Å². The number of hydrogen-bond acceptors (Lipinski definition) is 7. The Hall–Kier alpha value is -3.56. The van der Waals surface area contributed by atoms with Crippen molar-refractivity contribution in [1.29, 1.82) is 0 Å². The zero-order valence-electron chi connectivity index (χ0n) is 19.1. The average Bonchev–Trinajstić information content (AvgIpc) is 3.58. The number of hydrogen-bond donors (Lipinski definition) is 1. The van der Waals surface area contributed by atoms with Crippen LogP contribution in [0.5, 0.6) is 0 Å². The Kier molecular flexibility index (Phi) is 6.36. The van der Waals surface area contributed by atoms with Crippen LogP contribution in [0.1, 0.15) is 46.0 Å². The third kappa shape index (κ3) is 4.44. The lowest BCUT2D eigenvalue weighted by atomic mass is 10.1. The van der Waals surface area contributed by atoms with Crippen molar-refractivity contribution >= 4 is 45.6 Å². The van der Waals surface area contributed by atoms with Gasteiger partial charge in [0, 0.05) is 30.1 Å². The molecule has 35 heavy (non-hydrogen) atoms. The molecule has 1 fully saturated rings. The standard InChI is InChI=1S/C25H22ClN5O3S/c1-3-15-8-4-7-11-19(15)31-13-16(12-20(31)32)24-28-29-25(35-24)27-23(33)21-14(2)34-30-22(21)17-9-5-6-10-18(17)26/h4-11,16H,3,12-13H2,1-2H3,(H,27,29,33). The van der Waals surface area contributed by atoms with Crippen LogP contribution < -0.4 is 10.2 Å². The Morgan fingerprint density at radius 1 is 1.20 bits per heavy atom. The third-order valence-electron chi connectivity index (χ3n) is 6.02. The van der Waals surface area contributed by atoms with E-state index in [4.69, 9.17) is 16.1 Å². The SMILES string of the molecule is CCc1ccccc1N1CC(c2nnc(NC(=O)c3c(-c4ccccc4Cl)noc3C)s2)CC1=O. The molecular formula is C25H22ClN5O3S. The van der Waals surface area contributed by atoms with Crippen molar-refractivity contribution in [3.63, 3.8) is 0 Å². The summed E-state index contributed by atoms with van der Waals surface area (Å²) < 4.78 is 5.29. The number of carbonyl (C=O) groups excluding carboxylic acids is 2. The number of carbonyl (C=O) groups is 2. The molecule has 1 aliphatic heterocycles. The molecule has 1 unspecified atom stereocenters. The minimum Gasteiger partial charge on any atom is -0.360 e. The Bertz CT molecular complexity index is 1420. The molecule has 0 aliphatic carbocycles. The van der Waals surface area contributed by atoms with Crippen molar-refractivity contribution in [3.05, 3.63) is 75.4 Å². The summed E-state index contributed by atoms with van der Waals surface area (Å²) in [5.74, 6) is -0.0797. The quantitative estimate of drug-likeness (QED) is 0.370. The molecule has 10 heteroatoms. The van der Waals surface area contributed by atoms with E-state index in [1.165, 1.54) is 11.3 Å². The number of nitrogens with one attached hydrogen (secondary N) is 1. The molecule has 0 bridgehead atoms. The molecular weight excluding hydrogens is 486 g/mol. The van der Waals surface area contributed by atoms with Crippen LogP contribution in [0.15, 0.2) is 53.1 Å². The Balaban J connectivity index is 1.34. The van der Waals surface area contributed by atoms with Crippen molar-refractivity contribution in [2.75, 3.05) is 16.8 Å². The monoisotopic (exact) mass is 507 g/mol. The second-order valence-electron chi connectivity index (χ2n) is 8.23. The van der Waals surface area contributed by atoms with Gasteiger partial charge in [-0.1, -0.05) is 71.4 Å². The molecule has 5 rings (SSSR count). The van der Waals surface area contributed by atoms with E-state index in [1.807, 2.05) is 35.2 Å². The van der Waals surface area contributed by atoms with E-state index in [9.17, 15) is 9.59 Å². The fourth-order valence-corrected chi connectivity index (χ4v) is 5.32. The van der Waals surface area contributed by atoms with Gasteiger partial charge >= 0.3 is 0 Å². The topological polar surface area (TPSA) is 101 Å². The summed E-state index contributed by atoms with van der Waals surface area (Å²) in [6.45, 7) is 4.27. The summed E-state index contributed by atoms with van der Waals surface area (Å²) in [7, 11) is 0. The molecule has 2 aromatic heterocycles. The van der Waals surface area contributed by atoms with Crippen LogP contribution in [0, 0.1) is 6.92 Å². The summed E-state index contributed by atoms with van der Waals surface area (Å²) in [5.41, 5.74) is 3.32. The minimum absolute atomic E-state index is 0.0566. The zero-order chi connectivity index (χ0) is 24.5. The van der Waals surface area contributed by atoms with E-state index in [-0.39, 0.29) is 17.4 Å². The summed E-state index contributed by atoms with van der Waals surface area (Å²) in [5, 5.41) is 16.8. The maximum atomic E-state index is 13.1. The number of aromatic nitrogens is 3. The van der Waals surface area contributed by atoms with E-state index in [2.05, 4.69) is 27.6 Å². The highest BCUT2D eigenvalue weighted by atomic mass is 35.5. The van der Waals surface area contributed by atoms with Crippen molar-refractivity contribution in [2.24, 2.45) is 0 Å². The van der Waals surface area contributed by atoms with E-state index in [1.54, 1.807) is 25.1 Å². The lowest BCUT2D eigenvalue weighted by Gasteiger charge is -2.19. The lowest BCUT2D eigenvalue weighted by molar-refractivity contribution is -0.117. The van der Waals surface area contributed by atoms with Crippen LogP contribution in [0.3, 0.4) is 0 Å². The lowest BCUT2D eigenvalue weighted by Crippen LogP contribution is -2.25. The molecule has 0 radical (unpaired) electrons. The first-order valence-electron chi connectivity index (χ1n) is 11.2. The maximum absolute atomic E-state index is 13.1. The number of para-hydroxylation sites is 1. The van der Waals surface area contributed by atoms with Crippen LogP contribution >= 0.6 is 22.9 Å². The first-order valence-corrected chi connectivity index (χ1v) is 12.4. The predicted molar refractivity (Wildman–Crippen MR) is 135 cm³/mol. The van der Waals surface area contributed by atoms with E-state index in [0.29, 0.717) is 45.1 Å². The largest absolute Gasteiger partial charge is 0.360 e. The number of benzene rings is 2. The summed E-state index contributed by atoms with van der Waals surface area (Å²) >= 11 is 7.57. The number of amides is 2. The molecule has 1 N–H and O–H groups in total. The molecule has 2 aromatic carbocycles. The smallest absolute Gasteiger partial charge is 0.263 e. The van der Waals surface area contributed by atoms with Gasteiger partial charge in [-0.05, 0) is 31.0 Å². The van der Waals surface area contributed by atoms with Crippen LogP contribution in [0.2, 0.25) is 5.02 Å². The fourth-order valence-electron chi connectivity index (χ4n) is 4.27. The highest BCUT2D eigenvalue weighted by Crippen LogP contribution is 2.36. The van der Waals surface area contributed by atoms with E-state index >= 15 is 0 Å². The molecule has 3 heterocycles. The molecule has 1 aliphatic rings. The van der Waals surface area contributed by atoms with Gasteiger partial charge in [-0.3, -0.25) is 14.9 Å². The second-order valence-corrected chi connectivity index (χ2v) is 9.65. The Morgan fingerprint density at radius 2 is 1.97 bits per heavy atom. The van der Waals surface area contributed by atoms with Gasteiger partial charge in [0.2, 0.25) is 11.0 Å². The van der Waals surface area contributed by atoms with E-state index in [0.717, 1.165) is 17.7 Å². The first-order chi connectivity index (χ1) is 17.0. The van der Waals surface area contributed by atoms with Crippen molar-refractivity contribution in [2.45, 2.75) is 32.6 Å². The van der Waals surface area contributed by atoms with Gasteiger partial charge in [0.1, 0.15) is 22.0 Å². The third-order valence-corrected chi connectivity index (χ3v) is 7.35. The second kappa shape index (κ2) is 9.59. The van der Waals surface area contributed by atoms with Gasteiger partial charge in [-0.2, -0.15) is 0 Å². The van der Waals surface area contributed by atoms with E-state index < -0.39 is 5.91 Å². The fraction of sp³-hybridized carbons (Fsp3) is 0.240. The summed E-state index contributed by atoms with van der Waals surface area (Å²) in [6.07, 6.45) is 1.19. The highest BCUT2D eigenvalue weighted by Gasteiger charge is 2.35. The molecule has 0 spiro atoms. The number of halogens is 1. The van der Waals surface area contributed by atoms with Gasteiger partial charge in [-0.15, -0.1) is 10.2 Å².